The molecule has 0 radical (unpaired) electrons. The van der Waals surface area contributed by atoms with Crippen LogP contribution >= 0.6 is 23.4 Å². The quantitative estimate of drug-likeness (QED) is 0.438. The minimum Gasteiger partial charge on any atom is -0.348 e. The molecule has 0 aliphatic carbocycles. The highest BCUT2D eigenvalue weighted by Crippen LogP contribution is 2.42. The zero-order valence-corrected chi connectivity index (χ0v) is 15.8. The average molecular weight is 414 g/mol. The van der Waals surface area contributed by atoms with Gasteiger partial charge in [-0.25, -0.2) is 18.2 Å². The van der Waals surface area contributed by atoms with Crippen molar-refractivity contribution in [2.75, 3.05) is 6.54 Å². The molecule has 1 fully saturated rings. The fourth-order valence-electron chi connectivity index (χ4n) is 3.50. The minimum absolute atomic E-state index is 0.0201. The van der Waals surface area contributed by atoms with Crippen molar-refractivity contribution in [3.8, 4) is 0 Å². The molecule has 3 aliphatic heterocycles. The average Bonchev–Trinajstić information content (AvgIpc) is 3.18. The van der Waals surface area contributed by atoms with Crippen LogP contribution in [0.2, 0.25) is 5.02 Å². The van der Waals surface area contributed by atoms with Crippen molar-refractivity contribution in [1.29, 1.82) is 10.8 Å². The van der Waals surface area contributed by atoms with Gasteiger partial charge in [0.25, 0.3) is 0 Å². The summed E-state index contributed by atoms with van der Waals surface area (Å²) < 4.78 is 42.7. The van der Waals surface area contributed by atoms with Crippen LogP contribution in [-0.2, 0) is 0 Å². The molecule has 1 aromatic rings. The summed E-state index contributed by atoms with van der Waals surface area (Å²) in [6.07, 6.45) is 3.16. The molecule has 5 nitrogen and oxygen atoms in total. The Bertz CT molecular complexity index is 959. The summed E-state index contributed by atoms with van der Waals surface area (Å²) in [6, 6.07) is 0.266. The molecule has 0 spiro atoms. The number of thioether (sulfide) groups is 1. The van der Waals surface area contributed by atoms with Gasteiger partial charge in [0.05, 0.1) is 21.7 Å². The Hall–Kier alpha value is -2.00. The predicted octanol–water partition coefficient (Wildman–Crippen LogP) is 4.31. The lowest BCUT2D eigenvalue weighted by atomic mass is 10.1. The number of piperidine rings is 1. The van der Waals surface area contributed by atoms with Gasteiger partial charge >= 0.3 is 0 Å². The second-order valence-corrected chi connectivity index (χ2v) is 7.95. The van der Waals surface area contributed by atoms with Gasteiger partial charge in [0.15, 0.2) is 28.5 Å². The third-order valence-electron chi connectivity index (χ3n) is 4.91. The van der Waals surface area contributed by atoms with Crippen LogP contribution in [0.5, 0.6) is 0 Å². The molecular weight excluding hydrogens is 399 g/mol. The van der Waals surface area contributed by atoms with E-state index in [2.05, 4.69) is 22.1 Å². The molecule has 27 heavy (non-hydrogen) atoms. The first-order chi connectivity index (χ1) is 12.8. The van der Waals surface area contributed by atoms with Crippen molar-refractivity contribution in [3.05, 3.63) is 38.5 Å². The Balaban J connectivity index is 1.79. The van der Waals surface area contributed by atoms with Gasteiger partial charge < -0.3 is 10.2 Å². The number of fused-ring (bicyclic) bond motifs is 1. The molecule has 142 valence electrons. The van der Waals surface area contributed by atoms with Crippen LogP contribution < -0.4 is 5.32 Å². The van der Waals surface area contributed by atoms with Gasteiger partial charge in [-0.15, -0.1) is 0 Å². The molecule has 4 rings (SSSR count). The molecule has 3 aliphatic rings. The Morgan fingerprint density at radius 3 is 2.59 bits per heavy atom. The van der Waals surface area contributed by atoms with E-state index in [0.717, 1.165) is 37.6 Å². The Morgan fingerprint density at radius 1 is 1.15 bits per heavy atom. The van der Waals surface area contributed by atoms with E-state index in [1.165, 1.54) is 0 Å². The lowest BCUT2D eigenvalue weighted by Gasteiger charge is -2.34. The number of benzene rings is 1. The summed E-state index contributed by atoms with van der Waals surface area (Å²) in [6.45, 7) is 2.89. The summed E-state index contributed by atoms with van der Waals surface area (Å²) in [7, 11) is 0. The maximum atomic E-state index is 14.6. The van der Waals surface area contributed by atoms with E-state index in [-0.39, 0.29) is 28.0 Å². The molecule has 1 unspecified atom stereocenters. The van der Waals surface area contributed by atoms with Crippen molar-refractivity contribution in [3.63, 3.8) is 0 Å². The molecule has 0 bridgehead atoms. The third kappa shape index (κ3) is 2.75. The van der Waals surface area contributed by atoms with Crippen molar-refractivity contribution < 1.29 is 13.2 Å². The normalized spacial score (nSPS) is 25.0. The number of hydrogen-bond acceptors (Lipinski definition) is 4. The first kappa shape index (κ1) is 18.4. The zero-order chi connectivity index (χ0) is 19.5. The lowest BCUT2D eigenvalue weighted by molar-refractivity contribution is 0.263. The van der Waals surface area contributed by atoms with Crippen molar-refractivity contribution in [2.24, 2.45) is 4.99 Å². The number of hydrogen-bond donors (Lipinski definition) is 3. The van der Waals surface area contributed by atoms with E-state index in [1.54, 1.807) is 0 Å². The monoisotopic (exact) mass is 413 g/mol. The molecule has 3 heterocycles. The highest BCUT2D eigenvalue weighted by atomic mass is 35.5. The van der Waals surface area contributed by atoms with Gasteiger partial charge in [-0.1, -0.05) is 11.6 Å². The molecular formula is C17H15ClF3N5S. The molecule has 0 aromatic heterocycles. The van der Waals surface area contributed by atoms with Crippen LogP contribution in [0.1, 0.15) is 37.3 Å². The van der Waals surface area contributed by atoms with Crippen molar-refractivity contribution in [1.82, 2.24) is 10.2 Å². The van der Waals surface area contributed by atoms with Crippen LogP contribution in [-0.4, -0.2) is 34.3 Å². The van der Waals surface area contributed by atoms with E-state index in [0.29, 0.717) is 5.17 Å². The first-order valence-electron chi connectivity index (χ1n) is 8.40. The molecule has 10 heteroatoms. The van der Waals surface area contributed by atoms with E-state index in [9.17, 15) is 13.2 Å². The van der Waals surface area contributed by atoms with Crippen LogP contribution in [0.25, 0.3) is 5.70 Å². The highest BCUT2D eigenvalue weighted by molar-refractivity contribution is 8.18. The van der Waals surface area contributed by atoms with Crippen LogP contribution in [0.3, 0.4) is 0 Å². The number of rotatable bonds is 0. The van der Waals surface area contributed by atoms with Gasteiger partial charge in [-0.3, -0.25) is 10.8 Å². The fraction of sp³-hybridized carbons (Fsp3) is 0.353. The number of nitrogens with one attached hydrogen (secondary N) is 3. The van der Waals surface area contributed by atoms with E-state index in [1.807, 2.05) is 0 Å². The summed E-state index contributed by atoms with van der Waals surface area (Å²) in [5.74, 6) is -4.66. The number of likely N-dealkylation sites (tertiary alicyclic amines) is 1. The van der Waals surface area contributed by atoms with Crippen LogP contribution in [0.15, 0.2) is 9.90 Å². The first-order valence-corrected chi connectivity index (χ1v) is 9.59. The summed E-state index contributed by atoms with van der Waals surface area (Å²) >= 11 is 6.75. The number of halogens is 4. The number of nitrogens with zero attached hydrogens (tertiary/aromatic N) is 2. The Morgan fingerprint density at radius 2 is 1.89 bits per heavy atom. The van der Waals surface area contributed by atoms with Crippen molar-refractivity contribution in [2.45, 2.75) is 32.2 Å². The van der Waals surface area contributed by atoms with E-state index in [4.69, 9.17) is 22.4 Å². The highest BCUT2D eigenvalue weighted by Gasteiger charge is 2.38. The minimum atomic E-state index is -1.53. The zero-order valence-electron chi connectivity index (χ0n) is 14.2. The van der Waals surface area contributed by atoms with Crippen molar-refractivity contribution >= 4 is 45.9 Å². The molecule has 0 amide bonds. The third-order valence-corrected chi connectivity index (χ3v) is 6.35. The summed E-state index contributed by atoms with van der Waals surface area (Å²) in [5.41, 5.74) is -0.837. The molecule has 1 aromatic carbocycles. The molecule has 1 atom stereocenters. The number of aliphatic imine (C=N–C) groups is 1. The van der Waals surface area contributed by atoms with Gasteiger partial charge in [0.1, 0.15) is 10.9 Å². The second kappa shape index (κ2) is 6.56. The molecule has 3 N–H and O–H groups in total. The smallest absolute Gasteiger partial charge is 0.181 e. The number of amidine groups is 3. The molecule has 1 saturated heterocycles. The van der Waals surface area contributed by atoms with Gasteiger partial charge in [-0.05, 0) is 37.9 Å². The Labute approximate surface area is 162 Å². The SMILES string of the molecule is CC1CCCCN1C1=NC(=N)/C(=C2\NC(=N)c3c(F)c(F)c(Cl)c(F)c32)S1. The fourth-order valence-corrected chi connectivity index (χ4v) is 4.79. The lowest BCUT2D eigenvalue weighted by Crippen LogP contribution is -2.40. The maximum absolute atomic E-state index is 14.6. The van der Waals surface area contributed by atoms with Gasteiger partial charge in [0.2, 0.25) is 0 Å². The van der Waals surface area contributed by atoms with E-state index < -0.39 is 33.9 Å². The van der Waals surface area contributed by atoms with Gasteiger partial charge in [-0.2, -0.15) is 0 Å². The maximum Gasteiger partial charge on any atom is 0.181 e. The largest absolute Gasteiger partial charge is 0.348 e. The molecule has 0 saturated carbocycles. The van der Waals surface area contributed by atoms with E-state index >= 15 is 0 Å². The standard InChI is InChI=1S/C17H15ClF3N5S/c1-6-4-2-3-5-26(6)17-25-16(23)14(27-17)13-7-8(15(22)24-13)11(20)12(21)9(18)10(7)19/h6,23H,2-5H2,1H3,(H2,22,24)/b14-13+,23-16?. The summed E-state index contributed by atoms with van der Waals surface area (Å²) in [5, 5.41) is 18.3. The topological polar surface area (TPSA) is 75.3 Å². The van der Waals surface area contributed by atoms with Gasteiger partial charge in [0, 0.05) is 12.6 Å². The second-order valence-electron chi connectivity index (χ2n) is 6.59. The van der Waals surface area contributed by atoms with Crippen LogP contribution in [0, 0.1) is 28.3 Å². The predicted molar refractivity (Wildman–Crippen MR) is 101 cm³/mol. The summed E-state index contributed by atoms with van der Waals surface area (Å²) in [4.78, 5) is 6.62. The van der Waals surface area contributed by atoms with Crippen LogP contribution in [0.4, 0.5) is 13.2 Å². The Kier molecular flexibility index (Phi) is 4.46.